The molecule has 1 aliphatic heterocycles. The molecule has 8 heteroatoms. The van der Waals surface area contributed by atoms with Gasteiger partial charge in [0.25, 0.3) is 0 Å². The summed E-state index contributed by atoms with van der Waals surface area (Å²) in [6, 6.07) is 3.45. The van der Waals surface area contributed by atoms with Crippen molar-refractivity contribution in [2.75, 3.05) is 14.2 Å². The molecule has 1 heterocycles. The van der Waals surface area contributed by atoms with Crippen LogP contribution in [0.1, 0.15) is 22.2 Å². The summed E-state index contributed by atoms with van der Waals surface area (Å²) in [5.41, 5.74) is 0.300. The van der Waals surface area contributed by atoms with Gasteiger partial charge < -0.3 is 4.74 Å². The molecule has 1 unspecified atom stereocenters. The maximum Gasteiger partial charge on any atom is 0.477 e. The van der Waals surface area contributed by atoms with E-state index in [4.69, 9.17) is 9.26 Å². The van der Waals surface area contributed by atoms with E-state index in [2.05, 4.69) is 9.05 Å². The Labute approximate surface area is 102 Å². The highest BCUT2D eigenvalue weighted by Gasteiger charge is 2.38. The smallest absolute Gasteiger partial charge is 0.427 e. The predicted octanol–water partition coefficient (Wildman–Crippen LogP) is 2.41. The number of ether oxygens (including phenoxy) is 1. The van der Waals surface area contributed by atoms with E-state index in [1.807, 2.05) is 0 Å². The van der Waals surface area contributed by atoms with Crippen LogP contribution in [-0.4, -0.2) is 20.2 Å². The second-order valence-corrected chi connectivity index (χ2v) is 5.22. The summed E-state index contributed by atoms with van der Waals surface area (Å²) in [6.45, 7) is 0. The topological polar surface area (TPSA) is 71.1 Å². The van der Waals surface area contributed by atoms with Gasteiger partial charge in [-0.3, -0.25) is 9.05 Å². The normalized spacial score (nSPS) is 18.6. The standard InChI is InChI=1S/C10H10FO6P/c1-14-18(13,15-2)17-10-8-5-6(11)3-4-7(8)9(12)16-10/h3-5,10H,1-2H3. The largest absolute Gasteiger partial charge is 0.477 e. The van der Waals surface area contributed by atoms with Gasteiger partial charge in [-0.15, -0.1) is 0 Å². The lowest BCUT2D eigenvalue weighted by Crippen LogP contribution is -2.04. The first-order chi connectivity index (χ1) is 8.49. The van der Waals surface area contributed by atoms with Crippen LogP contribution < -0.4 is 0 Å². The number of hydrogen-bond donors (Lipinski definition) is 0. The average Bonchev–Trinajstić information content (AvgIpc) is 2.65. The third-order valence-electron chi connectivity index (χ3n) is 2.37. The molecule has 98 valence electrons. The van der Waals surface area contributed by atoms with Gasteiger partial charge in [0, 0.05) is 19.8 Å². The SMILES string of the molecule is COP(=O)(OC)OC1OC(=O)c2ccc(F)cc21. The summed E-state index contributed by atoms with van der Waals surface area (Å²) in [7, 11) is -1.59. The van der Waals surface area contributed by atoms with E-state index in [-0.39, 0.29) is 11.1 Å². The van der Waals surface area contributed by atoms with Crippen molar-refractivity contribution < 1.29 is 32.1 Å². The van der Waals surface area contributed by atoms with Crippen molar-refractivity contribution >= 4 is 13.8 Å². The van der Waals surface area contributed by atoms with E-state index >= 15 is 0 Å². The van der Waals surface area contributed by atoms with E-state index in [1.54, 1.807) is 0 Å². The number of carbonyl (C=O) groups is 1. The molecule has 0 saturated carbocycles. The predicted molar refractivity (Wildman–Crippen MR) is 57.3 cm³/mol. The number of phosphoric acid groups is 1. The number of fused-ring (bicyclic) bond motifs is 1. The molecule has 1 aromatic rings. The number of halogens is 1. The number of phosphoric ester groups is 1. The van der Waals surface area contributed by atoms with Gasteiger partial charge in [-0.25, -0.2) is 18.3 Å². The number of hydrogen-bond acceptors (Lipinski definition) is 6. The van der Waals surface area contributed by atoms with Gasteiger partial charge in [-0.2, -0.15) is 0 Å². The minimum atomic E-state index is -3.83. The Morgan fingerprint density at radius 2 is 2.00 bits per heavy atom. The Morgan fingerprint density at radius 3 is 2.61 bits per heavy atom. The molecule has 2 rings (SSSR count). The molecule has 18 heavy (non-hydrogen) atoms. The molecule has 0 aromatic heterocycles. The highest BCUT2D eigenvalue weighted by Crippen LogP contribution is 2.53. The molecule has 1 aromatic carbocycles. The van der Waals surface area contributed by atoms with Crippen LogP contribution >= 0.6 is 7.82 Å². The molecular formula is C10H10FO6P. The minimum absolute atomic E-state index is 0.148. The molecule has 0 amide bonds. The Morgan fingerprint density at radius 1 is 1.33 bits per heavy atom. The molecule has 0 fully saturated rings. The maximum atomic E-state index is 13.1. The van der Waals surface area contributed by atoms with E-state index in [9.17, 15) is 13.8 Å². The Kier molecular flexibility index (Phi) is 3.49. The van der Waals surface area contributed by atoms with Crippen LogP contribution in [0.4, 0.5) is 4.39 Å². The molecule has 6 nitrogen and oxygen atoms in total. The van der Waals surface area contributed by atoms with Gasteiger partial charge in [0.2, 0.25) is 6.29 Å². The zero-order valence-electron chi connectivity index (χ0n) is 9.58. The van der Waals surface area contributed by atoms with E-state index in [0.717, 1.165) is 26.4 Å². The van der Waals surface area contributed by atoms with Crippen LogP contribution in [0.5, 0.6) is 0 Å². The zero-order chi connectivity index (χ0) is 13.3. The molecule has 0 saturated heterocycles. The fraction of sp³-hybridized carbons (Fsp3) is 0.300. The van der Waals surface area contributed by atoms with Crippen molar-refractivity contribution in [3.05, 3.63) is 35.1 Å². The first-order valence-electron chi connectivity index (χ1n) is 4.89. The quantitative estimate of drug-likeness (QED) is 0.621. The number of benzene rings is 1. The monoisotopic (exact) mass is 276 g/mol. The van der Waals surface area contributed by atoms with Gasteiger partial charge in [-0.05, 0) is 18.2 Å². The van der Waals surface area contributed by atoms with Crippen molar-refractivity contribution in [1.82, 2.24) is 0 Å². The zero-order valence-corrected chi connectivity index (χ0v) is 10.5. The van der Waals surface area contributed by atoms with Crippen LogP contribution in [0.2, 0.25) is 0 Å². The summed E-state index contributed by atoms with van der Waals surface area (Å²) in [6.07, 6.45) is -1.31. The van der Waals surface area contributed by atoms with Crippen LogP contribution in [0.25, 0.3) is 0 Å². The lowest BCUT2D eigenvalue weighted by molar-refractivity contribution is -0.0555. The lowest BCUT2D eigenvalue weighted by atomic mass is 10.1. The fourth-order valence-corrected chi connectivity index (χ4v) is 2.21. The van der Waals surface area contributed by atoms with Gasteiger partial charge in [0.15, 0.2) is 0 Å². The lowest BCUT2D eigenvalue weighted by Gasteiger charge is -2.17. The second kappa shape index (κ2) is 4.78. The third kappa shape index (κ3) is 2.30. The minimum Gasteiger partial charge on any atom is -0.427 e. The number of carbonyl (C=O) groups excluding carboxylic acids is 1. The van der Waals surface area contributed by atoms with Crippen molar-refractivity contribution in [3.8, 4) is 0 Å². The maximum absolute atomic E-state index is 13.1. The van der Waals surface area contributed by atoms with Crippen molar-refractivity contribution in [3.63, 3.8) is 0 Å². The van der Waals surface area contributed by atoms with Crippen molar-refractivity contribution in [1.29, 1.82) is 0 Å². The van der Waals surface area contributed by atoms with E-state index < -0.39 is 25.9 Å². The fourth-order valence-electron chi connectivity index (χ4n) is 1.49. The summed E-state index contributed by atoms with van der Waals surface area (Å²) in [5.74, 6) is -1.25. The van der Waals surface area contributed by atoms with E-state index in [0.29, 0.717) is 0 Å². The Hall–Kier alpha value is -1.27. The second-order valence-electron chi connectivity index (χ2n) is 3.39. The van der Waals surface area contributed by atoms with Crippen LogP contribution in [0.15, 0.2) is 18.2 Å². The molecule has 0 radical (unpaired) electrons. The van der Waals surface area contributed by atoms with E-state index in [1.165, 1.54) is 6.07 Å². The highest BCUT2D eigenvalue weighted by atomic mass is 31.2. The molecule has 0 spiro atoms. The first kappa shape index (κ1) is 13.2. The molecule has 1 atom stereocenters. The van der Waals surface area contributed by atoms with Gasteiger partial charge in [0.1, 0.15) is 5.82 Å². The van der Waals surface area contributed by atoms with Crippen molar-refractivity contribution in [2.24, 2.45) is 0 Å². The van der Waals surface area contributed by atoms with Gasteiger partial charge in [-0.1, -0.05) is 0 Å². The summed E-state index contributed by atoms with van der Waals surface area (Å²) < 4.78 is 43.7. The average molecular weight is 276 g/mol. The Balaban J connectivity index is 2.32. The molecule has 1 aliphatic rings. The highest BCUT2D eigenvalue weighted by molar-refractivity contribution is 7.48. The molecule has 0 N–H and O–H groups in total. The number of esters is 1. The van der Waals surface area contributed by atoms with Crippen LogP contribution in [0.3, 0.4) is 0 Å². The summed E-state index contributed by atoms with van der Waals surface area (Å²) in [4.78, 5) is 11.5. The van der Waals surface area contributed by atoms with Gasteiger partial charge in [0.05, 0.1) is 5.56 Å². The van der Waals surface area contributed by atoms with Crippen molar-refractivity contribution in [2.45, 2.75) is 6.29 Å². The Bertz CT molecular complexity index is 523. The summed E-state index contributed by atoms with van der Waals surface area (Å²) >= 11 is 0. The molecular weight excluding hydrogens is 266 g/mol. The number of cyclic esters (lactones) is 1. The molecule has 0 bridgehead atoms. The third-order valence-corrected chi connectivity index (χ3v) is 3.72. The first-order valence-corrected chi connectivity index (χ1v) is 6.35. The van der Waals surface area contributed by atoms with Crippen LogP contribution in [0, 0.1) is 5.82 Å². The van der Waals surface area contributed by atoms with Gasteiger partial charge >= 0.3 is 13.8 Å². The van der Waals surface area contributed by atoms with Crippen LogP contribution in [-0.2, 0) is 22.9 Å². The number of rotatable bonds is 4. The molecule has 0 aliphatic carbocycles. The summed E-state index contributed by atoms with van der Waals surface area (Å²) in [5, 5.41) is 0.